The number of hydrogen-bond acceptors (Lipinski definition) is 9. The van der Waals surface area contributed by atoms with Gasteiger partial charge in [0.1, 0.15) is 17.4 Å². The maximum atomic E-state index is 5.50. The van der Waals surface area contributed by atoms with Gasteiger partial charge in [-0.05, 0) is 17.8 Å². The van der Waals surface area contributed by atoms with Gasteiger partial charge in [-0.25, -0.2) is 19.9 Å². The van der Waals surface area contributed by atoms with Gasteiger partial charge in [0.2, 0.25) is 11.8 Å². The standard InChI is InChI=1S/C10H18N2.C9H16N2.C9H15NO.C9H15NS.C8H14N2O/c1-7(2)9-6-11-10(8(3)4)12(9)5;3*1-6(2)8-5-10-9(11-8)7(3)4;1-5(2)7-9-10-8(11-7)6(3)4/h6-8H,1-5H3;5-7H,1-4H3,(H,10,11);2*5-7H,1-4H3;5-6H,1-4H3. The number of imidazole rings is 2. The first-order chi connectivity index (χ1) is 26.0. The van der Waals surface area contributed by atoms with Crippen molar-refractivity contribution in [2.45, 2.75) is 198 Å². The molecule has 1 N–H and O–H groups in total. The summed E-state index contributed by atoms with van der Waals surface area (Å²) in [5, 5.41) is 9.10. The zero-order chi connectivity index (χ0) is 43.0. The minimum atomic E-state index is 0.329. The van der Waals surface area contributed by atoms with Gasteiger partial charge in [-0.3, -0.25) is 0 Å². The van der Waals surface area contributed by atoms with E-state index >= 15 is 0 Å². The van der Waals surface area contributed by atoms with Crippen LogP contribution in [0.2, 0.25) is 0 Å². The number of rotatable bonds is 10. The van der Waals surface area contributed by atoms with Gasteiger partial charge < -0.3 is 18.4 Å². The molecule has 0 aliphatic carbocycles. The van der Waals surface area contributed by atoms with Crippen LogP contribution in [-0.4, -0.2) is 39.7 Å². The molecular formula is C45H78N8O2S. The highest BCUT2D eigenvalue weighted by molar-refractivity contribution is 7.11. The lowest BCUT2D eigenvalue weighted by Crippen LogP contribution is -2.04. The van der Waals surface area contributed by atoms with E-state index in [0.717, 1.165) is 29.3 Å². The van der Waals surface area contributed by atoms with Gasteiger partial charge in [-0.1, -0.05) is 138 Å². The molecule has 0 atom stereocenters. The zero-order valence-corrected chi connectivity index (χ0v) is 39.8. The van der Waals surface area contributed by atoms with E-state index < -0.39 is 0 Å². The first kappa shape index (κ1) is 50.4. The Hall–Kier alpha value is -3.60. The number of H-pyrrole nitrogens is 1. The van der Waals surface area contributed by atoms with E-state index in [1.54, 1.807) is 0 Å². The molecule has 0 bridgehead atoms. The number of aromatic nitrogens is 8. The van der Waals surface area contributed by atoms with Crippen molar-refractivity contribution < 1.29 is 8.83 Å². The van der Waals surface area contributed by atoms with Crippen molar-refractivity contribution in [2.24, 2.45) is 7.05 Å². The summed E-state index contributed by atoms with van der Waals surface area (Å²) in [7, 11) is 2.09. The highest BCUT2D eigenvalue weighted by atomic mass is 32.1. The number of thiazole rings is 1. The minimum absolute atomic E-state index is 0.329. The summed E-state index contributed by atoms with van der Waals surface area (Å²) in [4.78, 5) is 21.9. The molecule has 56 heavy (non-hydrogen) atoms. The lowest BCUT2D eigenvalue weighted by Gasteiger charge is -2.09. The molecule has 5 heterocycles. The first-order valence-electron chi connectivity index (χ1n) is 20.8. The van der Waals surface area contributed by atoms with Crippen LogP contribution >= 0.6 is 11.3 Å². The van der Waals surface area contributed by atoms with Crippen LogP contribution in [0.3, 0.4) is 0 Å². The van der Waals surface area contributed by atoms with Crippen molar-refractivity contribution in [3.8, 4) is 0 Å². The topological polar surface area (TPSA) is 124 Å². The smallest absolute Gasteiger partial charge is 0.219 e. The molecule has 5 rings (SSSR count). The molecule has 0 unspecified atom stereocenters. The van der Waals surface area contributed by atoms with Gasteiger partial charge in [-0.15, -0.1) is 21.5 Å². The van der Waals surface area contributed by atoms with Gasteiger partial charge in [0.05, 0.1) is 11.2 Å². The van der Waals surface area contributed by atoms with E-state index in [1.807, 2.05) is 63.8 Å². The van der Waals surface area contributed by atoms with Crippen molar-refractivity contribution in [1.29, 1.82) is 0 Å². The third kappa shape index (κ3) is 16.9. The van der Waals surface area contributed by atoms with Crippen molar-refractivity contribution in [1.82, 2.24) is 39.7 Å². The molecule has 5 aromatic rings. The summed E-state index contributed by atoms with van der Waals surface area (Å²) >= 11 is 1.84. The van der Waals surface area contributed by atoms with Crippen molar-refractivity contribution in [3.63, 3.8) is 0 Å². The highest BCUT2D eigenvalue weighted by Crippen LogP contribution is 2.26. The van der Waals surface area contributed by atoms with Crippen LogP contribution in [0.15, 0.2) is 33.6 Å². The van der Waals surface area contributed by atoms with E-state index in [1.165, 1.54) is 27.1 Å². The maximum absolute atomic E-state index is 5.50. The quantitative estimate of drug-likeness (QED) is 0.148. The molecule has 316 valence electrons. The number of aromatic amines is 1. The molecule has 11 heteroatoms. The Morgan fingerprint density at radius 2 is 1.04 bits per heavy atom. The summed E-state index contributed by atoms with van der Waals surface area (Å²) in [5.74, 6) is 10.4. The predicted molar refractivity (Wildman–Crippen MR) is 236 cm³/mol. The summed E-state index contributed by atoms with van der Waals surface area (Å²) in [6.07, 6.45) is 7.74. The summed E-state index contributed by atoms with van der Waals surface area (Å²) in [6.45, 7) is 42.6. The average Bonchev–Trinajstić information content (AvgIpc) is 3.94. The number of oxazole rings is 1. The number of hydrogen-bond donors (Lipinski definition) is 1. The Kier molecular flexibility index (Phi) is 21.8. The number of nitrogens with one attached hydrogen (secondary N) is 1. The van der Waals surface area contributed by atoms with Crippen LogP contribution in [0.1, 0.15) is 254 Å². The predicted octanol–water partition coefficient (Wildman–Crippen LogP) is 14.0. The summed E-state index contributed by atoms with van der Waals surface area (Å²) in [5.41, 5.74) is 2.55. The normalized spacial score (nSPS) is 11.5. The Bertz CT molecular complexity index is 1450. The lowest BCUT2D eigenvalue weighted by molar-refractivity contribution is 0.417. The van der Waals surface area contributed by atoms with E-state index in [4.69, 9.17) is 8.83 Å². The molecule has 0 radical (unpaired) electrons. The molecule has 0 aromatic carbocycles. The summed E-state index contributed by atoms with van der Waals surface area (Å²) < 4.78 is 13.1. The van der Waals surface area contributed by atoms with Crippen molar-refractivity contribution in [3.05, 3.63) is 81.1 Å². The molecule has 0 aliphatic rings. The zero-order valence-electron chi connectivity index (χ0n) is 38.9. The van der Waals surface area contributed by atoms with E-state index in [0.29, 0.717) is 59.2 Å². The molecule has 0 amide bonds. The largest absolute Gasteiger partial charge is 0.445 e. The second kappa shape index (κ2) is 24.2. The van der Waals surface area contributed by atoms with Gasteiger partial charge >= 0.3 is 0 Å². The maximum Gasteiger partial charge on any atom is 0.219 e. The van der Waals surface area contributed by atoms with Crippen LogP contribution < -0.4 is 0 Å². The van der Waals surface area contributed by atoms with E-state index in [9.17, 15) is 0 Å². The fraction of sp³-hybridized carbons (Fsp3) is 0.689. The third-order valence-electron chi connectivity index (χ3n) is 8.60. The van der Waals surface area contributed by atoms with Gasteiger partial charge in [0.15, 0.2) is 5.89 Å². The molecule has 0 spiro atoms. The van der Waals surface area contributed by atoms with Gasteiger partial charge in [0, 0.05) is 83.3 Å². The second-order valence-corrected chi connectivity index (χ2v) is 18.6. The Balaban J connectivity index is 0.000000350. The molecule has 0 saturated heterocycles. The average molecular weight is 795 g/mol. The summed E-state index contributed by atoms with van der Waals surface area (Å²) in [6, 6.07) is 0. The molecule has 0 aliphatic heterocycles. The van der Waals surface area contributed by atoms with Crippen molar-refractivity contribution in [2.75, 3.05) is 0 Å². The van der Waals surface area contributed by atoms with Crippen molar-refractivity contribution >= 4 is 11.3 Å². The fourth-order valence-corrected chi connectivity index (χ4v) is 5.75. The lowest BCUT2D eigenvalue weighted by atomic mass is 10.1. The molecular weight excluding hydrogens is 717 g/mol. The third-order valence-corrected chi connectivity index (χ3v) is 10.2. The van der Waals surface area contributed by atoms with Gasteiger partial charge in [0.25, 0.3) is 0 Å². The second-order valence-electron chi connectivity index (χ2n) is 17.6. The van der Waals surface area contributed by atoms with Crippen LogP contribution in [-0.2, 0) is 7.05 Å². The first-order valence-corrected chi connectivity index (χ1v) is 21.6. The Morgan fingerprint density at radius 3 is 1.29 bits per heavy atom. The minimum Gasteiger partial charge on any atom is -0.445 e. The Morgan fingerprint density at radius 1 is 0.482 bits per heavy atom. The van der Waals surface area contributed by atoms with E-state index in [2.05, 4.69) is 158 Å². The molecule has 10 nitrogen and oxygen atoms in total. The van der Waals surface area contributed by atoms with Crippen LogP contribution in [0.5, 0.6) is 0 Å². The molecule has 0 saturated carbocycles. The van der Waals surface area contributed by atoms with Gasteiger partial charge in [-0.2, -0.15) is 0 Å². The molecule has 5 aromatic heterocycles. The van der Waals surface area contributed by atoms with Crippen LogP contribution in [0, 0.1) is 0 Å². The molecule has 0 fully saturated rings. The Labute approximate surface area is 344 Å². The monoisotopic (exact) mass is 795 g/mol. The SMILES string of the molecule is CC(C)c1cnc(C(C)C)[nH]1.CC(C)c1cnc(C(C)C)n1C.CC(C)c1cnc(C(C)C)o1.CC(C)c1cnc(C(C)C)s1.CC(C)c1nnc(C(C)C)o1. The van der Waals surface area contributed by atoms with Crippen LogP contribution in [0.25, 0.3) is 0 Å². The van der Waals surface area contributed by atoms with E-state index in [-0.39, 0.29) is 0 Å². The number of nitrogens with zero attached hydrogens (tertiary/aromatic N) is 7. The highest BCUT2D eigenvalue weighted by Gasteiger charge is 2.13. The fourth-order valence-electron chi connectivity index (χ4n) is 4.83. The van der Waals surface area contributed by atoms with Crippen LogP contribution in [0.4, 0.5) is 0 Å².